The lowest BCUT2D eigenvalue weighted by atomic mass is 10.0. The maximum Gasteiger partial charge on any atom is 0.407 e. The average molecular weight is 562 g/mol. The van der Waals surface area contributed by atoms with Crippen molar-refractivity contribution in [3.05, 3.63) is 35.9 Å². The molecule has 1 aromatic carbocycles. The zero-order valence-corrected chi connectivity index (χ0v) is 26.7. The van der Waals surface area contributed by atoms with Gasteiger partial charge in [0.2, 0.25) is 0 Å². The minimum absolute atomic E-state index is 0.0399. The van der Waals surface area contributed by atoms with Crippen LogP contribution in [0.2, 0.25) is 0 Å². The van der Waals surface area contributed by atoms with Gasteiger partial charge in [-0.05, 0) is 39.2 Å². The highest BCUT2D eigenvalue weighted by Gasteiger charge is 2.19. The van der Waals surface area contributed by atoms with Gasteiger partial charge in [0, 0.05) is 19.6 Å². The molecule has 5 nitrogen and oxygen atoms in total. The topological polar surface area (TPSA) is 56.8 Å². The number of amides is 1. The average Bonchev–Trinajstić information content (AvgIpc) is 2.94. The highest BCUT2D eigenvalue weighted by Crippen LogP contribution is 2.18. The van der Waals surface area contributed by atoms with Gasteiger partial charge in [0.1, 0.15) is 0 Å². The SMILES string of the molecule is CCCCCCCCCCCCCCCCCCNC(=O)OCCC(C)OCCC(C)(C)OCc1ccccc1. The van der Waals surface area contributed by atoms with E-state index < -0.39 is 0 Å². The third-order valence-corrected chi connectivity index (χ3v) is 7.64. The summed E-state index contributed by atoms with van der Waals surface area (Å²) in [5.41, 5.74) is 0.925. The van der Waals surface area contributed by atoms with Crippen molar-refractivity contribution < 1.29 is 19.0 Å². The lowest BCUT2D eigenvalue weighted by Gasteiger charge is -2.26. The number of nitrogens with one attached hydrogen (secondary N) is 1. The largest absolute Gasteiger partial charge is 0.449 e. The van der Waals surface area contributed by atoms with Crippen LogP contribution < -0.4 is 5.32 Å². The van der Waals surface area contributed by atoms with Gasteiger partial charge >= 0.3 is 6.09 Å². The van der Waals surface area contributed by atoms with Crippen LogP contribution in [-0.2, 0) is 20.8 Å². The van der Waals surface area contributed by atoms with Crippen LogP contribution in [0.25, 0.3) is 0 Å². The van der Waals surface area contributed by atoms with Crippen molar-refractivity contribution in [3.8, 4) is 0 Å². The molecule has 0 fully saturated rings. The third-order valence-electron chi connectivity index (χ3n) is 7.64. The van der Waals surface area contributed by atoms with Gasteiger partial charge in [0.05, 0.1) is 24.9 Å². The van der Waals surface area contributed by atoms with Crippen LogP contribution in [0.4, 0.5) is 4.79 Å². The Kier molecular flexibility index (Phi) is 22.9. The summed E-state index contributed by atoms with van der Waals surface area (Å²) in [6.07, 6.45) is 22.9. The maximum atomic E-state index is 11.9. The van der Waals surface area contributed by atoms with Gasteiger partial charge in [-0.1, -0.05) is 134 Å². The van der Waals surface area contributed by atoms with Gasteiger partial charge in [-0.15, -0.1) is 0 Å². The van der Waals surface area contributed by atoms with E-state index in [1.807, 2.05) is 25.1 Å². The van der Waals surface area contributed by atoms with Crippen LogP contribution in [0.1, 0.15) is 149 Å². The standard InChI is InChI=1S/C35H63NO4/c1-5-6-7-8-9-10-11-12-13-14-15-16-17-18-19-23-28-36-34(37)39-29-26-32(2)38-30-27-35(3,4)40-31-33-24-21-20-22-25-33/h20-22,24-25,32H,5-19,23,26-31H2,1-4H3,(H,36,37). The van der Waals surface area contributed by atoms with Crippen molar-refractivity contribution in [3.63, 3.8) is 0 Å². The molecule has 0 radical (unpaired) electrons. The smallest absolute Gasteiger partial charge is 0.407 e. The second kappa shape index (κ2) is 25.1. The molecule has 0 bridgehead atoms. The van der Waals surface area contributed by atoms with E-state index >= 15 is 0 Å². The molecule has 1 aromatic rings. The summed E-state index contributed by atoms with van der Waals surface area (Å²) in [5, 5.41) is 2.88. The van der Waals surface area contributed by atoms with E-state index in [9.17, 15) is 4.79 Å². The molecular weight excluding hydrogens is 498 g/mol. The first-order chi connectivity index (χ1) is 19.4. The van der Waals surface area contributed by atoms with Gasteiger partial charge < -0.3 is 19.5 Å². The Morgan fingerprint density at radius 3 is 1.85 bits per heavy atom. The molecule has 1 atom stereocenters. The molecule has 232 valence electrons. The fourth-order valence-electron chi connectivity index (χ4n) is 4.75. The molecule has 0 saturated carbocycles. The van der Waals surface area contributed by atoms with Crippen LogP contribution in [0, 0.1) is 0 Å². The van der Waals surface area contributed by atoms with Crippen LogP contribution in [0.3, 0.4) is 0 Å². The molecule has 1 amide bonds. The number of alkyl carbamates (subject to hydrolysis) is 1. The summed E-state index contributed by atoms with van der Waals surface area (Å²) >= 11 is 0. The lowest BCUT2D eigenvalue weighted by molar-refractivity contribution is -0.0597. The maximum absolute atomic E-state index is 11.9. The Hall–Kier alpha value is -1.59. The summed E-state index contributed by atoms with van der Waals surface area (Å²) in [5.74, 6) is 0. The molecule has 0 aliphatic carbocycles. The van der Waals surface area contributed by atoms with Gasteiger partial charge in [0.25, 0.3) is 0 Å². The molecule has 0 aromatic heterocycles. The van der Waals surface area contributed by atoms with E-state index in [4.69, 9.17) is 14.2 Å². The number of carbonyl (C=O) groups is 1. The number of hydrogen-bond donors (Lipinski definition) is 1. The molecule has 0 aliphatic heterocycles. The Morgan fingerprint density at radius 1 is 0.775 bits per heavy atom. The van der Waals surface area contributed by atoms with E-state index in [-0.39, 0.29) is 17.8 Å². The molecule has 1 rings (SSSR count). The molecule has 0 saturated heterocycles. The normalized spacial score (nSPS) is 12.4. The quantitative estimate of drug-likeness (QED) is 0.109. The molecule has 0 spiro atoms. The fourth-order valence-corrected chi connectivity index (χ4v) is 4.75. The minimum atomic E-state index is -0.316. The van der Waals surface area contributed by atoms with Crippen LogP contribution in [0.15, 0.2) is 30.3 Å². The first kappa shape index (κ1) is 36.4. The Balaban J connectivity index is 1.85. The van der Waals surface area contributed by atoms with Crippen LogP contribution in [-0.4, -0.2) is 37.6 Å². The summed E-state index contributed by atoms with van der Waals surface area (Å²) in [4.78, 5) is 11.9. The van der Waals surface area contributed by atoms with Crippen molar-refractivity contribution in [2.75, 3.05) is 19.8 Å². The summed E-state index contributed by atoms with van der Waals surface area (Å²) < 4.78 is 17.3. The van der Waals surface area contributed by atoms with Crippen molar-refractivity contribution in [2.45, 2.75) is 162 Å². The van der Waals surface area contributed by atoms with Crippen molar-refractivity contribution in [1.82, 2.24) is 5.32 Å². The predicted octanol–water partition coefficient (Wildman–Crippen LogP) is 10.2. The monoisotopic (exact) mass is 561 g/mol. The van der Waals surface area contributed by atoms with Crippen molar-refractivity contribution in [1.29, 1.82) is 0 Å². The number of rotatable bonds is 27. The summed E-state index contributed by atoms with van der Waals surface area (Å²) in [6.45, 7) is 10.8. The summed E-state index contributed by atoms with van der Waals surface area (Å²) in [7, 11) is 0. The minimum Gasteiger partial charge on any atom is -0.449 e. The van der Waals surface area contributed by atoms with Gasteiger partial charge in [-0.25, -0.2) is 4.79 Å². The molecule has 1 unspecified atom stereocenters. The molecule has 0 heterocycles. The first-order valence-corrected chi connectivity index (χ1v) is 16.6. The Morgan fingerprint density at radius 2 is 1.30 bits per heavy atom. The number of benzene rings is 1. The zero-order valence-electron chi connectivity index (χ0n) is 26.7. The molecule has 0 aliphatic rings. The van der Waals surface area contributed by atoms with Crippen molar-refractivity contribution in [2.24, 2.45) is 0 Å². The fraction of sp³-hybridized carbons (Fsp3) is 0.800. The van der Waals surface area contributed by atoms with Crippen LogP contribution >= 0.6 is 0 Å². The van der Waals surface area contributed by atoms with E-state index in [0.717, 1.165) is 12.8 Å². The highest BCUT2D eigenvalue weighted by molar-refractivity contribution is 5.66. The van der Waals surface area contributed by atoms with E-state index in [1.54, 1.807) is 0 Å². The predicted molar refractivity (Wildman–Crippen MR) is 169 cm³/mol. The second-order valence-electron chi connectivity index (χ2n) is 12.1. The summed E-state index contributed by atoms with van der Waals surface area (Å²) in [6, 6.07) is 10.2. The number of carbonyl (C=O) groups excluding carboxylic acids is 1. The number of hydrogen-bond acceptors (Lipinski definition) is 4. The highest BCUT2D eigenvalue weighted by atomic mass is 16.6. The van der Waals surface area contributed by atoms with Crippen molar-refractivity contribution >= 4 is 6.09 Å². The van der Waals surface area contributed by atoms with E-state index in [1.165, 1.54) is 102 Å². The van der Waals surface area contributed by atoms with E-state index in [0.29, 0.717) is 32.8 Å². The third kappa shape index (κ3) is 23.1. The van der Waals surface area contributed by atoms with Crippen LogP contribution in [0.5, 0.6) is 0 Å². The molecule has 5 heteroatoms. The molecule has 40 heavy (non-hydrogen) atoms. The second-order valence-corrected chi connectivity index (χ2v) is 12.1. The van der Waals surface area contributed by atoms with Gasteiger partial charge in [0.15, 0.2) is 0 Å². The number of ether oxygens (including phenoxy) is 3. The lowest BCUT2D eigenvalue weighted by Crippen LogP contribution is -2.28. The number of unbranched alkanes of at least 4 members (excludes halogenated alkanes) is 15. The Labute approximate surface area is 247 Å². The zero-order chi connectivity index (χ0) is 29.2. The first-order valence-electron chi connectivity index (χ1n) is 16.6. The van der Waals surface area contributed by atoms with Gasteiger partial charge in [-0.2, -0.15) is 0 Å². The van der Waals surface area contributed by atoms with Gasteiger partial charge in [-0.3, -0.25) is 0 Å². The molecule has 1 N–H and O–H groups in total. The Bertz CT molecular complexity index is 694. The molecular formula is C35H63NO4. The van der Waals surface area contributed by atoms with E-state index in [2.05, 4.69) is 38.2 Å².